The topological polar surface area (TPSA) is 80.9 Å². The maximum Gasteiger partial charge on any atom is 0.0804 e. The highest BCUT2D eigenvalue weighted by atomic mass is 16.3. The first-order valence-corrected chi connectivity index (χ1v) is 29.1. The lowest BCUT2D eigenvalue weighted by Gasteiger charge is -2.27. The van der Waals surface area contributed by atoms with E-state index in [0.29, 0.717) is 21.7 Å². The van der Waals surface area contributed by atoms with Crippen molar-refractivity contribution >= 4 is 22.3 Å². The molecule has 376 valence electrons. The Hall–Kier alpha value is -4.32. The summed E-state index contributed by atoms with van der Waals surface area (Å²) in [5, 5.41) is 42.1. The fraction of sp³-hybridized carbons (Fsp3) is 0.529. The number of hydrogen-bond donors (Lipinski definition) is 4. The van der Waals surface area contributed by atoms with E-state index < -0.39 is 0 Å². The van der Waals surface area contributed by atoms with Crippen LogP contribution in [0.15, 0.2) is 144 Å². The Morgan fingerprint density at radius 2 is 0.486 bits per heavy atom. The van der Waals surface area contributed by atoms with Gasteiger partial charge in [-0.1, -0.05) is 169 Å². The summed E-state index contributed by atoms with van der Waals surface area (Å²) in [5.74, 6) is 3.46. The Labute approximate surface area is 430 Å². The van der Waals surface area contributed by atoms with Crippen molar-refractivity contribution in [2.75, 3.05) is 0 Å². The van der Waals surface area contributed by atoms with Gasteiger partial charge < -0.3 is 20.4 Å². The molecule has 16 rings (SSSR count). The van der Waals surface area contributed by atoms with Crippen LogP contribution in [-0.2, 0) is 0 Å². The molecule has 8 saturated carbocycles. The van der Waals surface area contributed by atoms with Crippen molar-refractivity contribution in [3.05, 3.63) is 166 Å². The fourth-order valence-corrected chi connectivity index (χ4v) is 19.8. The minimum atomic E-state index is -0.219. The van der Waals surface area contributed by atoms with Gasteiger partial charge in [0.25, 0.3) is 0 Å². The monoisotopic (exact) mass is 961 g/mol. The standard InChI is InChI=1S/4C17H20O/c4*18-15-11-17-10-4-7-13(17)8-9-14(17)16(15)12-5-2-1-3-6-12/h4*1-3,5-6,13,15,18H,4,7-11H2/t4*13-,15-,17+/m1111/s1. The number of rotatable bonds is 4. The van der Waals surface area contributed by atoms with Crippen molar-refractivity contribution in [1.82, 2.24) is 0 Å². The van der Waals surface area contributed by atoms with E-state index in [1.165, 1.54) is 173 Å². The summed E-state index contributed by atoms with van der Waals surface area (Å²) in [6.45, 7) is 0. The van der Waals surface area contributed by atoms with E-state index in [4.69, 9.17) is 0 Å². The van der Waals surface area contributed by atoms with Crippen LogP contribution in [0.25, 0.3) is 22.3 Å². The van der Waals surface area contributed by atoms with Gasteiger partial charge in [0.2, 0.25) is 0 Å². The fourth-order valence-electron chi connectivity index (χ4n) is 19.8. The van der Waals surface area contributed by atoms with Crippen molar-refractivity contribution in [3.63, 3.8) is 0 Å². The summed E-state index contributed by atoms with van der Waals surface area (Å²) in [6.07, 6.45) is 29.7. The number of allylic oxidation sites excluding steroid dienone is 4. The van der Waals surface area contributed by atoms with Crippen LogP contribution in [0.4, 0.5) is 0 Å². The van der Waals surface area contributed by atoms with E-state index in [1.807, 2.05) is 0 Å². The maximum atomic E-state index is 10.5. The van der Waals surface area contributed by atoms with E-state index in [9.17, 15) is 20.4 Å². The first kappa shape index (κ1) is 47.4. The summed E-state index contributed by atoms with van der Waals surface area (Å²) in [6, 6.07) is 42.2. The van der Waals surface area contributed by atoms with Gasteiger partial charge in [0.1, 0.15) is 0 Å². The molecule has 0 saturated heterocycles. The number of aliphatic hydroxyl groups is 4. The molecule has 0 bridgehead atoms. The van der Waals surface area contributed by atoms with E-state index in [2.05, 4.69) is 121 Å². The number of benzene rings is 4. The van der Waals surface area contributed by atoms with Crippen LogP contribution in [0, 0.1) is 45.3 Å². The third-order valence-electron chi connectivity index (χ3n) is 22.4. The lowest BCUT2D eigenvalue weighted by Crippen LogP contribution is -2.21. The molecule has 0 amide bonds. The van der Waals surface area contributed by atoms with Gasteiger partial charge in [-0.3, -0.25) is 0 Å². The molecule has 4 spiro atoms. The van der Waals surface area contributed by atoms with Gasteiger partial charge in [-0.25, -0.2) is 0 Å². The predicted octanol–water partition coefficient (Wildman–Crippen LogP) is 15.1. The smallest absolute Gasteiger partial charge is 0.0804 e. The Kier molecular flexibility index (Phi) is 12.4. The van der Waals surface area contributed by atoms with Gasteiger partial charge in [0.15, 0.2) is 0 Å². The van der Waals surface area contributed by atoms with Crippen LogP contribution in [0.2, 0.25) is 0 Å². The molecule has 4 N–H and O–H groups in total. The molecule has 0 heterocycles. The molecule has 8 fully saturated rings. The second-order valence-electron chi connectivity index (χ2n) is 25.0. The zero-order valence-corrected chi connectivity index (χ0v) is 42.9. The largest absolute Gasteiger partial charge is 0.388 e. The molecule has 12 atom stereocenters. The molecule has 12 aliphatic carbocycles. The van der Waals surface area contributed by atoms with E-state index >= 15 is 0 Å². The van der Waals surface area contributed by atoms with Gasteiger partial charge >= 0.3 is 0 Å². The summed E-state index contributed by atoms with van der Waals surface area (Å²) in [4.78, 5) is 0. The summed E-state index contributed by atoms with van der Waals surface area (Å²) >= 11 is 0. The van der Waals surface area contributed by atoms with Gasteiger partial charge in [0, 0.05) is 0 Å². The van der Waals surface area contributed by atoms with Crippen LogP contribution in [-0.4, -0.2) is 44.8 Å². The zero-order valence-electron chi connectivity index (χ0n) is 42.9. The van der Waals surface area contributed by atoms with Crippen LogP contribution < -0.4 is 0 Å². The molecule has 0 radical (unpaired) electrons. The Morgan fingerprint density at radius 1 is 0.278 bits per heavy atom. The average molecular weight is 961 g/mol. The molecule has 4 heteroatoms. The molecular weight excluding hydrogens is 881 g/mol. The summed E-state index contributed by atoms with van der Waals surface area (Å²) in [7, 11) is 0. The van der Waals surface area contributed by atoms with Gasteiger partial charge in [-0.15, -0.1) is 0 Å². The van der Waals surface area contributed by atoms with Crippen LogP contribution >= 0.6 is 0 Å². The normalized spacial score (nSPS) is 38.1. The second kappa shape index (κ2) is 18.8. The molecular formula is C68H80O4. The van der Waals surface area contributed by atoms with Crippen molar-refractivity contribution in [2.24, 2.45) is 45.3 Å². The van der Waals surface area contributed by atoms with Gasteiger partial charge in [-0.2, -0.15) is 0 Å². The Morgan fingerprint density at radius 3 is 0.694 bits per heavy atom. The molecule has 4 nitrogen and oxygen atoms in total. The summed E-state index contributed by atoms with van der Waals surface area (Å²) in [5.41, 5.74) is 18.2. The molecule has 0 aliphatic heterocycles. The second-order valence-corrected chi connectivity index (χ2v) is 25.0. The third-order valence-corrected chi connectivity index (χ3v) is 22.4. The zero-order chi connectivity index (χ0) is 48.7. The van der Waals surface area contributed by atoms with E-state index in [-0.39, 0.29) is 24.4 Å². The van der Waals surface area contributed by atoms with E-state index in [0.717, 1.165) is 49.4 Å². The van der Waals surface area contributed by atoms with Crippen LogP contribution in [0.1, 0.15) is 176 Å². The van der Waals surface area contributed by atoms with Crippen molar-refractivity contribution < 1.29 is 20.4 Å². The Bertz CT molecular complexity index is 2390. The first-order valence-electron chi connectivity index (χ1n) is 29.1. The van der Waals surface area contributed by atoms with Gasteiger partial charge in [0.05, 0.1) is 24.4 Å². The Balaban J connectivity index is 0.0000000933. The lowest BCUT2D eigenvalue weighted by molar-refractivity contribution is 0.164. The van der Waals surface area contributed by atoms with Gasteiger partial charge in [-0.05, 0) is 218 Å². The molecule has 0 aromatic heterocycles. The quantitative estimate of drug-likeness (QED) is 0.164. The molecule has 12 aliphatic rings. The first-order chi connectivity index (χ1) is 35.2. The average Bonchev–Trinajstić information content (AvgIpc) is 4.26. The SMILES string of the molecule is O[C@@H]1C[C@@]23CCC[C@@H]2CCC3=C1c1ccccc1.O[C@@H]1C[C@@]23CCC[C@@H]2CCC3=C1c1ccccc1.O[C@@H]1C[C@@]23CCC[C@@H]2CCC3=C1c1ccccc1.O[C@@H]1C[C@@]23CCC[C@@H]2CCC3=C1c1ccccc1. The van der Waals surface area contributed by atoms with Crippen LogP contribution in [0.3, 0.4) is 0 Å². The predicted molar refractivity (Wildman–Crippen MR) is 292 cm³/mol. The molecule has 72 heavy (non-hydrogen) atoms. The number of hydrogen-bond acceptors (Lipinski definition) is 4. The van der Waals surface area contributed by atoms with E-state index in [1.54, 1.807) is 22.3 Å². The minimum absolute atomic E-state index is 0.219. The van der Waals surface area contributed by atoms with Crippen molar-refractivity contribution in [1.29, 1.82) is 0 Å². The highest BCUT2D eigenvalue weighted by molar-refractivity contribution is 5.79. The van der Waals surface area contributed by atoms with Crippen molar-refractivity contribution in [2.45, 2.75) is 179 Å². The lowest BCUT2D eigenvalue weighted by atomic mass is 9.77. The third kappa shape index (κ3) is 7.48. The molecule has 0 unspecified atom stereocenters. The van der Waals surface area contributed by atoms with Crippen molar-refractivity contribution in [3.8, 4) is 0 Å². The maximum absolute atomic E-state index is 10.5. The highest BCUT2D eigenvalue weighted by Gasteiger charge is 2.59. The number of aliphatic hydroxyl groups excluding tert-OH is 4. The minimum Gasteiger partial charge on any atom is -0.388 e. The molecule has 4 aromatic rings. The highest BCUT2D eigenvalue weighted by Crippen LogP contribution is 2.69. The summed E-state index contributed by atoms with van der Waals surface area (Å²) < 4.78 is 0. The molecule has 4 aromatic carbocycles. The van der Waals surface area contributed by atoms with Crippen LogP contribution in [0.5, 0.6) is 0 Å².